The van der Waals surface area contributed by atoms with Crippen LogP contribution in [0.25, 0.3) is 0 Å². The number of halogens is 1. The lowest BCUT2D eigenvalue weighted by Gasteiger charge is -2.38. The van der Waals surface area contributed by atoms with Crippen molar-refractivity contribution in [2.24, 2.45) is 0 Å². The number of hydrogen-bond acceptors (Lipinski definition) is 2. The van der Waals surface area contributed by atoms with Gasteiger partial charge in [-0.3, -0.25) is 0 Å². The third kappa shape index (κ3) is 3.22. The summed E-state index contributed by atoms with van der Waals surface area (Å²) in [7, 11) is 2.04. The highest BCUT2D eigenvalue weighted by Gasteiger charge is 2.24. The maximum absolute atomic E-state index is 14.0. The van der Waals surface area contributed by atoms with Gasteiger partial charge in [-0.2, -0.15) is 0 Å². The average molecular weight is 252 g/mol. The first kappa shape index (κ1) is 15.0. The van der Waals surface area contributed by atoms with Gasteiger partial charge in [0, 0.05) is 30.4 Å². The Labute approximate surface area is 110 Å². The van der Waals surface area contributed by atoms with Gasteiger partial charge in [-0.25, -0.2) is 4.39 Å². The molecule has 0 spiro atoms. The van der Waals surface area contributed by atoms with Crippen LogP contribution in [0.15, 0.2) is 18.2 Å². The monoisotopic (exact) mass is 252 g/mol. The molecule has 0 saturated carbocycles. The molecule has 2 nitrogen and oxygen atoms in total. The Morgan fingerprint density at radius 2 is 1.94 bits per heavy atom. The molecule has 0 aliphatic rings. The zero-order chi connectivity index (χ0) is 13.8. The van der Waals surface area contributed by atoms with Crippen LogP contribution in [0.4, 0.5) is 10.1 Å². The van der Waals surface area contributed by atoms with Gasteiger partial charge < -0.3 is 10.2 Å². The summed E-state index contributed by atoms with van der Waals surface area (Å²) in [6, 6.07) is 5.30. The maximum atomic E-state index is 14.0. The number of rotatable bonds is 6. The Hall–Kier alpha value is -1.09. The van der Waals surface area contributed by atoms with Crippen molar-refractivity contribution in [3.05, 3.63) is 29.6 Å². The topological polar surface area (TPSA) is 15.3 Å². The second-order valence-corrected chi connectivity index (χ2v) is 5.24. The van der Waals surface area contributed by atoms with Gasteiger partial charge >= 0.3 is 0 Å². The number of anilines is 1. The van der Waals surface area contributed by atoms with Crippen molar-refractivity contribution in [1.82, 2.24) is 5.32 Å². The van der Waals surface area contributed by atoms with Crippen molar-refractivity contribution in [3.63, 3.8) is 0 Å². The third-order valence-electron chi connectivity index (χ3n) is 3.78. The molecule has 0 aliphatic heterocycles. The predicted molar refractivity (Wildman–Crippen MR) is 76.6 cm³/mol. The van der Waals surface area contributed by atoms with E-state index in [0.29, 0.717) is 6.54 Å². The molecule has 0 aromatic heterocycles. The molecule has 0 radical (unpaired) electrons. The molecule has 1 rings (SSSR count). The first-order chi connectivity index (χ1) is 8.44. The largest absolute Gasteiger partial charge is 0.369 e. The molecule has 0 fully saturated rings. The average Bonchev–Trinajstić information content (AvgIpc) is 2.36. The highest BCUT2D eigenvalue weighted by atomic mass is 19.1. The number of benzene rings is 1. The van der Waals surface area contributed by atoms with Crippen molar-refractivity contribution in [2.45, 2.75) is 46.2 Å². The highest BCUT2D eigenvalue weighted by Crippen LogP contribution is 2.29. The van der Waals surface area contributed by atoms with Gasteiger partial charge in [0.05, 0.1) is 0 Å². The fourth-order valence-electron chi connectivity index (χ4n) is 1.85. The molecule has 0 heterocycles. The first-order valence-corrected chi connectivity index (χ1v) is 6.66. The number of hydrogen-bond donors (Lipinski definition) is 1. The SMILES string of the molecule is CCNCc1c(F)cccc1N(C)C(C)(C)CC. The van der Waals surface area contributed by atoms with E-state index in [1.807, 2.05) is 20.0 Å². The van der Waals surface area contributed by atoms with Crippen LogP contribution in [0.5, 0.6) is 0 Å². The summed E-state index contributed by atoms with van der Waals surface area (Å²) in [5.41, 5.74) is 1.75. The molecule has 1 aromatic rings. The molecule has 0 aliphatic carbocycles. The molecular weight excluding hydrogens is 227 g/mol. The minimum atomic E-state index is -0.132. The second kappa shape index (κ2) is 6.19. The van der Waals surface area contributed by atoms with Crippen LogP contribution in [-0.4, -0.2) is 19.1 Å². The molecule has 102 valence electrons. The van der Waals surface area contributed by atoms with Gasteiger partial charge in [0.15, 0.2) is 0 Å². The first-order valence-electron chi connectivity index (χ1n) is 6.66. The summed E-state index contributed by atoms with van der Waals surface area (Å²) in [5, 5.41) is 3.20. The van der Waals surface area contributed by atoms with E-state index in [4.69, 9.17) is 0 Å². The normalized spacial score (nSPS) is 11.7. The van der Waals surface area contributed by atoms with Crippen LogP contribution >= 0.6 is 0 Å². The molecule has 18 heavy (non-hydrogen) atoms. The number of nitrogens with one attached hydrogen (secondary N) is 1. The Kier molecular flexibility index (Phi) is 5.15. The Balaban J connectivity index is 3.11. The minimum Gasteiger partial charge on any atom is -0.369 e. The van der Waals surface area contributed by atoms with E-state index in [-0.39, 0.29) is 11.4 Å². The minimum absolute atomic E-state index is 0.0226. The Bertz CT molecular complexity index is 388. The quantitative estimate of drug-likeness (QED) is 0.832. The van der Waals surface area contributed by atoms with Crippen molar-refractivity contribution >= 4 is 5.69 Å². The lowest BCUT2D eigenvalue weighted by molar-refractivity contribution is 0.467. The van der Waals surface area contributed by atoms with Gasteiger partial charge in [-0.05, 0) is 38.9 Å². The van der Waals surface area contributed by atoms with E-state index in [9.17, 15) is 4.39 Å². The molecule has 0 saturated heterocycles. The molecule has 0 atom stereocenters. The predicted octanol–water partition coefficient (Wildman–Crippen LogP) is 3.56. The smallest absolute Gasteiger partial charge is 0.129 e. The fourth-order valence-corrected chi connectivity index (χ4v) is 1.85. The van der Waals surface area contributed by atoms with Crippen LogP contribution in [-0.2, 0) is 6.54 Å². The van der Waals surface area contributed by atoms with Crippen molar-refractivity contribution in [2.75, 3.05) is 18.5 Å². The van der Waals surface area contributed by atoms with Crippen LogP contribution in [0.2, 0.25) is 0 Å². The number of nitrogens with zero attached hydrogens (tertiary/aromatic N) is 1. The zero-order valence-corrected chi connectivity index (χ0v) is 12.2. The van der Waals surface area contributed by atoms with Gasteiger partial charge in [-0.1, -0.05) is 19.9 Å². The standard InChI is InChI=1S/C15H25FN2/c1-6-15(3,4)18(5)14-10-8-9-13(16)12(14)11-17-7-2/h8-10,17H,6-7,11H2,1-5H3. The van der Waals surface area contributed by atoms with E-state index in [0.717, 1.165) is 24.2 Å². The summed E-state index contributed by atoms with van der Waals surface area (Å²) in [5.74, 6) is -0.132. The molecule has 0 unspecified atom stereocenters. The zero-order valence-electron chi connectivity index (χ0n) is 12.2. The molecule has 3 heteroatoms. The maximum Gasteiger partial charge on any atom is 0.129 e. The van der Waals surface area contributed by atoms with Gasteiger partial charge in [0.25, 0.3) is 0 Å². The summed E-state index contributed by atoms with van der Waals surface area (Å²) in [4.78, 5) is 2.17. The van der Waals surface area contributed by atoms with E-state index < -0.39 is 0 Å². The highest BCUT2D eigenvalue weighted by molar-refractivity contribution is 5.55. The van der Waals surface area contributed by atoms with Crippen molar-refractivity contribution in [1.29, 1.82) is 0 Å². The van der Waals surface area contributed by atoms with Crippen molar-refractivity contribution < 1.29 is 4.39 Å². The lowest BCUT2D eigenvalue weighted by atomic mass is 9.97. The molecule has 1 N–H and O–H groups in total. The van der Waals surface area contributed by atoms with E-state index >= 15 is 0 Å². The van der Waals surface area contributed by atoms with Gasteiger partial charge in [0.1, 0.15) is 5.82 Å². The molecular formula is C15H25FN2. The lowest BCUT2D eigenvalue weighted by Crippen LogP contribution is -2.41. The van der Waals surface area contributed by atoms with E-state index in [1.54, 1.807) is 6.07 Å². The Morgan fingerprint density at radius 1 is 1.28 bits per heavy atom. The molecule has 1 aromatic carbocycles. The third-order valence-corrected chi connectivity index (χ3v) is 3.78. The Morgan fingerprint density at radius 3 is 2.50 bits per heavy atom. The molecule has 0 bridgehead atoms. The summed E-state index contributed by atoms with van der Waals surface area (Å²) in [6.07, 6.45) is 1.01. The van der Waals surface area contributed by atoms with Gasteiger partial charge in [0.2, 0.25) is 0 Å². The summed E-state index contributed by atoms with van der Waals surface area (Å²) in [6.45, 7) is 9.95. The summed E-state index contributed by atoms with van der Waals surface area (Å²) >= 11 is 0. The van der Waals surface area contributed by atoms with E-state index in [1.165, 1.54) is 6.07 Å². The van der Waals surface area contributed by atoms with Gasteiger partial charge in [-0.15, -0.1) is 0 Å². The second-order valence-electron chi connectivity index (χ2n) is 5.24. The fraction of sp³-hybridized carbons (Fsp3) is 0.600. The summed E-state index contributed by atoms with van der Waals surface area (Å²) < 4.78 is 14.0. The van der Waals surface area contributed by atoms with Crippen LogP contribution in [0.1, 0.15) is 39.7 Å². The van der Waals surface area contributed by atoms with Crippen molar-refractivity contribution in [3.8, 4) is 0 Å². The van der Waals surface area contributed by atoms with Crippen LogP contribution in [0.3, 0.4) is 0 Å². The molecule has 0 amide bonds. The van der Waals surface area contributed by atoms with Crippen LogP contribution in [0, 0.1) is 5.82 Å². The van der Waals surface area contributed by atoms with Crippen LogP contribution < -0.4 is 10.2 Å². The van der Waals surface area contributed by atoms with E-state index in [2.05, 4.69) is 31.0 Å².